The van der Waals surface area contributed by atoms with Crippen molar-refractivity contribution in [1.29, 1.82) is 0 Å². The van der Waals surface area contributed by atoms with Crippen molar-refractivity contribution < 1.29 is 0 Å². The summed E-state index contributed by atoms with van der Waals surface area (Å²) in [4.78, 5) is 6.92. The Hall–Kier alpha value is -0.380. The topological polar surface area (TPSA) is 41.6 Å². The minimum Gasteiger partial charge on any atom is -0.370 e. The molecule has 2 rings (SSSR count). The third kappa shape index (κ3) is 3.80. The number of nitrogens with zero attached hydrogens (tertiary/aromatic N) is 2. The number of nitrogens with two attached hydrogens (primary N) is 1. The Labute approximate surface area is 109 Å². The average Bonchev–Trinajstić information content (AvgIpc) is 2.60. The maximum Gasteiger partial charge on any atom is 0.191 e. The fourth-order valence-electron chi connectivity index (χ4n) is 2.61. The number of guanidine groups is 1. The summed E-state index contributed by atoms with van der Waals surface area (Å²) in [6, 6.07) is 0. The highest BCUT2D eigenvalue weighted by molar-refractivity contribution is 8.00. The second-order valence-corrected chi connectivity index (χ2v) is 7.16. The molecule has 0 aromatic heterocycles. The molecular formula is C13H25N3S. The van der Waals surface area contributed by atoms with Gasteiger partial charge in [-0.3, -0.25) is 4.99 Å². The summed E-state index contributed by atoms with van der Waals surface area (Å²) in [5, 5.41) is 0. The van der Waals surface area contributed by atoms with Crippen LogP contribution in [-0.4, -0.2) is 41.0 Å². The molecule has 0 aromatic carbocycles. The molecule has 1 atom stereocenters. The van der Waals surface area contributed by atoms with Gasteiger partial charge < -0.3 is 10.6 Å². The maximum absolute atomic E-state index is 6.12. The van der Waals surface area contributed by atoms with Gasteiger partial charge in [-0.25, -0.2) is 0 Å². The Balaban J connectivity index is 1.86. The third-order valence-corrected chi connectivity index (χ3v) is 5.33. The van der Waals surface area contributed by atoms with E-state index in [1.165, 1.54) is 44.3 Å². The lowest BCUT2D eigenvalue weighted by Gasteiger charge is -2.24. The van der Waals surface area contributed by atoms with E-state index in [9.17, 15) is 0 Å². The molecule has 2 heterocycles. The summed E-state index contributed by atoms with van der Waals surface area (Å²) in [5.74, 6) is 2.07. The molecule has 3 nitrogen and oxygen atoms in total. The van der Waals surface area contributed by atoms with Crippen LogP contribution < -0.4 is 5.73 Å². The van der Waals surface area contributed by atoms with Crippen LogP contribution >= 0.6 is 11.8 Å². The molecule has 0 bridgehead atoms. The van der Waals surface area contributed by atoms with Gasteiger partial charge in [0.05, 0.1) is 6.54 Å². The molecule has 2 N–H and O–H groups in total. The molecule has 2 aliphatic rings. The van der Waals surface area contributed by atoms with Gasteiger partial charge in [0.15, 0.2) is 5.96 Å². The first-order chi connectivity index (χ1) is 8.20. The molecular weight excluding hydrogens is 230 g/mol. The molecule has 0 aliphatic carbocycles. The van der Waals surface area contributed by atoms with Crippen molar-refractivity contribution in [2.45, 2.75) is 50.2 Å². The number of aliphatic imine (C=N–C) groups is 1. The zero-order valence-electron chi connectivity index (χ0n) is 11.0. The van der Waals surface area contributed by atoms with Gasteiger partial charge in [-0.05, 0) is 38.4 Å². The highest BCUT2D eigenvalue weighted by atomic mass is 32.2. The minimum absolute atomic E-state index is 0.344. The number of hydrogen-bond donors (Lipinski definition) is 1. The van der Waals surface area contributed by atoms with Gasteiger partial charge in [-0.15, -0.1) is 0 Å². The Bertz CT molecular complexity index is 264. The monoisotopic (exact) mass is 255 g/mol. The first-order valence-corrected chi connectivity index (χ1v) is 7.87. The number of hydrogen-bond acceptors (Lipinski definition) is 2. The van der Waals surface area contributed by atoms with E-state index in [1.54, 1.807) is 0 Å². The predicted molar refractivity (Wildman–Crippen MR) is 76.6 cm³/mol. The molecule has 17 heavy (non-hydrogen) atoms. The van der Waals surface area contributed by atoms with Crippen LogP contribution in [0, 0.1) is 0 Å². The summed E-state index contributed by atoms with van der Waals surface area (Å²) >= 11 is 2.06. The van der Waals surface area contributed by atoms with Gasteiger partial charge >= 0.3 is 0 Å². The lowest BCUT2D eigenvalue weighted by molar-refractivity contribution is 0.427. The second-order valence-electron chi connectivity index (χ2n) is 5.48. The van der Waals surface area contributed by atoms with Gasteiger partial charge in [0.25, 0.3) is 0 Å². The van der Waals surface area contributed by atoms with E-state index in [2.05, 4.69) is 28.6 Å². The quantitative estimate of drug-likeness (QED) is 0.609. The third-order valence-electron chi connectivity index (χ3n) is 3.81. The van der Waals surface area contributed by atoms with Crippen LogP contribution in [0.4, 0.5) is 0 Å². The largest absolute Gasteiger partial charge is 0.370 e. The molecule has 0 aromatic rings. The van der Waals surface area contributed by atoms with Crippen molar-refractivity contribution >= 4 is 17.7 Å². The van der Waals surface area contributed by atoms with Crippen LogP contribution in [0.25, 0.3) is 0 Å². The Morgan fingerprint density at radius 1 is 1.24 bits per heavy atom. The van der Waals surface area contributed by atoms with Gasteiger partial charge in [0.2, 0.25) is 0 Å². The van der Waals surface area contributed by atoms with E-state index in [1.807, 2.05) is 0 Å². The fourth-order valence-corrected chi connectivity index (χ4v) is 3.84. The molecule has 0 radical (unpaired) electrons. The first-order valence-electron chi connectivity index (χ1n) is 6.88. The number of likely N-dealkylation sites (tertiary alicyclic amines) is 1. The molecule has 1 unspecified atom stereocenters. The van der Waals surface area contributed by atoms with Crippen molar-refractivity contribution in [3.63, 3.8) is 0 Å². The Morgan fingerprint density at radius 2 is 1.94 bits per heavy atom. The first kappa shape index (κ1) is 13.1. The molecule has 4 heteroatoms. The highest BCUT2D eigenvalue weighted by Crippen LogP contribution is 2.37. The second kappa shape index (κ2) is 5.98. The molecule has 2 fully saturated rings. The fraction of sp³-hybridized carbons (Fsp3) is 0.923. The summed E-state index contributed by atoms with van der Waals surface area (Å²) in [6.07, 6.45) is 7.84. The molecule has 2 saturated heterocycles. The van der Waals surface area contributed by atoms with Crippen molar-refractivity contribution in [3.8, 4) is 0 Å². The summed E-state index contributed by atoms with van der Waals surface area (Å²) < 4.78 is 0.344. The molecule has 0 saturated carbocycles. The van der Waals surface area contributed by atoms with Crippen molar-refractivity contribution in [1.82, 2.24) is 4.90 Å². The predicted octanol–water partition coefficient (Wildman–Crippen LogP) is 2.46. The highest BCUT2D eigenvalue weighted by Gasteiger charge is 2.29. The molecule has 2 aliphatic heterocycles. The van der Waals surface area contributed by atoms with E-state index < -0.39 is 0 Å². The summed E-state index contributed by atoms with van der Waals surface area (Å²) in [6.45, 7) is 5.41. The van der Waals surface area contributed by atoms with Crippen LogP contribution in [-0.2, 0) is 0 Å². The van der Waals surface area contributed by atoms with Crippen LogP contribution in [0.2, 0.25) is 0 Å². The van der Waals surface area contributed by atoms with Gasteiger partial charge in [0, 0.05) is 17.8 Å². The van der Waals surface area contributed by atoms with Crippen molar-refractivity contribution in [2.24, 2.45) is 10.7 Å². The summed E-state index contributed by atoms with van der Waals surface area (Å²) in [7, 11) is 0. The van der Waals surface area contributed by atoms with Crippen LogP contribution in [0.5, 0.6) is 0 Å². The standard InChI is InChI=1S/C13H25N3S/c1-13(7-6-10-17-13)11-15-12(14)16-8-4-2-3-5-9-16/h2-11H2,1H3,(H2,14,15). The van der Waals surface area contributed by atoms with E-state index >= 15 is 0 Å². The minimum atomic E-state index is 0.344. The zero-order valence-corrected chi connectivity index (χ0v) is 11.8. The van der Waals surface area contributed by atoms with E-state index in [0.717, 1.165) is 25.6 Å². The van der Waals surface area contributed by atoms with Crippen molar-refractivity contribution in [3.05, 3.63) is 0 Å². The number of thioether (sulfide) groups is 1. The van der Waals surface area contributed by atoms with E-state index in [4.69, 9.17) is 5.73 Å². The Morgan fingerprint density at radius 3 is 2.53 bits per heavy atom. The van der Waals surface area contributed by atoms with Crippen LogP contribution in [0.3, 0.4) is 0 Å². The molecule has 98 valence electrons. The lowest BCUT2D eigenvalue weighted by Crippen LogP contribution is -2.39. The average molecular weight is 255 g/mol. The summed E-state index contributed by atoms with van der Waals surface area (Å²) in [5.41, 5.74) is 6.12. The normalized spacial score (nSPS) is 31.6. The molecule has 0 spiro atoms. The van der Waals surface area contributed by atoms with E-state index in [-0.39, 0.29) is 0 Å². The van der Waals surface area contributed by atoms with Gasteiger partial charge in [-0.2, -0.15) is 11.8 Å². The molecule has 0 amide bonds. The smallest absolute Gasteiger partial charge is 0.191 e. The van der Waals surface area contributed by atoms with E-state index in [0.29, 0.717) is 4.75 Å². The van der Waals surface area contributed by atoms with Gasteiger partial charge in [-0.1, -0.05) is 12.8 Å². The Kier molecular flexibility index (Phi) is 4.60. The zero-order chi connectivity index (χ0) is 12.1. The lowest BCUT2D eigenvalue weighted by atomic mass is 10.1. The van der Waals surface area contributed by atoms with Crippen LogP contribution in [0.1, 0.15) is 45.4 Å². The number of rotatable bonds is 2. The van der Waals surface area contributed by atoms with Crippen LogP contribution in [0.15, 0.2) is 4.99 Å². The maximum atomic E-state index is 6.12. The SMILES string of the molecule is CC1(CN=C(N)N2CCCCCC2)CCCS1. The van der Waals surface area contributed by atoms with Gasteiger partial charge in [0.1, 0.15) is 0 Å². The van der Waals surface area contributed by atoms with Crippen molar-refractivity contribution in [2.75, 3.05) is 25.4 Å².